The van der Waals surface area contributed by atoms with Gasteiger partial charge in [-0.1, -0.05) is 44.5 Å². The van der Waals surface area contributed by atoms with E-state index in [0.29, 0.717) is 11.8 Å². The average molecular weight is 246 g/mol. The van der Waals surface area contributed by atoms with Crippen LogP contribution in [-0.2, 0) is 6.42 Å². The molecule has 0 aromatic heterocycles. The summed E-state index contributed by atoms with van der Waals surface area (Å²) in [7, 11) is 0. The van der Waals surface area contributed by atoms with E-state index >= 15 is 0 Å². The molecule has 0 amide bonds. The maximum atomic E-state index is 9.72. The zero-order valence-electron chi connectivity index (χ0n) is 11.7. The Morgan fingerprint density at radius 3 is 2.83 bits per heavy atom. The van der Waals surface area contributed by atoms with Gasteiger partial charge in [0.05, 0.1) is 6.10 Å². The van der Waals surface area contributed by atoms with Crippen molar-refractivity contribution in [3.8, 4) is 0 Å². The molecule has 3 atom stereocenters. The molecule has 1 aliphatic carbocycles. The monoisotopic (exact) mass is 246 g/mol. The molecule has 1 N–H and O–H groups in total. The molecule has 3 unspecified atom stereocenters. The largest absolute Gasteiger partial charge is 0.393 e. The Hall–Kier alpha value is -0.820. The molecule has 1 aromatic rings. The Morgan fingerprint density at radius 2 is 2.11 bits per heavy atom. The van der Waals surface area contributed by atoms with Gasteiger partial charge in [0.25, 0.3) is 0 Å². The van der Waals surface area contributed by atoms with Gasteiger partial charge in [0, 0.05) is 0 Å². The van der Waals surface area contributed by atoms with E-state index < -0.39 is 0 Å². The first kappa shape index (κ1) is 13.6. The maximum Gasteiger partial charge on any atom is 0.0543 e. The Labute approximate surface area is 111 Å². The second-order valence-electron chi connectivity index (χ2n) is 5.90. The number of unbranched alkanes of at least 4 members (excludes halogenated alkanes) is 1. The minimum absolute atomic E-state index is 0.0699. The van der Waals surface area contributed by atoms with Crippen LogP contribution in [0, 0.1) is 5.92 Å². The van der Waals surface area contributed by atoms with Gasteiger partial charge in [0.2, 0.25) is 0 Å². The highest BCUT2D eigenvalue weighted by atomic mass is 16.3. The van der Waals surface area contributed by atoms with Crippen LogP contribution < -0.4 is 0 Å². The zero-order valence-corrected chi connectivity index (χ0v) is 11.7. The lowest BCUT2D eigenvalue weighted by Gasteiger charge is -2.32. The average Bonchev–Trinajstić information content (AvgIpc) is 2.36. The first-order valence-electron chi connectivity index (χ1n) is 7.47. The van der Waals surface area contributed by atoms with Crippen LogP contribution >= 0.6 is 0 Å². The fraction of sp³-hybridized carbons (Fsp3) is 0.647. The Kier molecular flexibility index (Phi) is 4.82. The molecule has 18 heavy (non-hydrogen) atoms. The summed E-state index contributed by atoms with van der Waals surface area (Å²) < 4.78 is 0. The van der Waals surface area contributed by atoms with Crippen molar-refractivity contribution < 1.29 is 5.11 Å². The summed E-state index contributed by atoms with van der Waals surface area (Å²) in [4.78, 5) is 0. The highest BCUT2D eigenvalue weighted by molar-refractivity contribution is 5.27. The fourth-order valence-corrected chi connectivity index (χ4v) is 3.22. The molecule has 100 valence electrons. The first-order chi connectivity index (χ1) is 8.70. The first-order valence-corrected chi connectivity index (χ1v) is 7.47. The maximum absolute atomic E-state index is 9.72. The summed E-state index contributed by atoms with van der Waals surface area (Å²) in [5.41, 5.74) is 2.97. The summed E-state index contributed by atoms with van der Waals surface area (Å²) in [5, 5.41) is 9.72. The molecular formula is C17H26O. The predicted molar refractivity (Wildman–Crippen MR) is 76.8 cm³/mol. The van der Waals surface area contributed by atoms with Crippen LogP contribution in [0.1, 0.15) is 63.0 Å². The molecule has 0 spiro atoms. The van der Waals surface area contributed by atoms with Crippen molar-refractivity contribution in [2.45, 2.75) is 64.4 Å². The number of benzene rings is 1. The molecular weight excluding hydrogens is 220 g/mol. The van der Waals surface area contributed by atoms with E-state index in [9.17, 15) is 5.11 Å². The standard InChI is InChI=1S/C17H26O/c1-3-4-6-14-7-5-8-15(12-14)17-10-9-16(18)11-13(17)2/h5,7-8,12-13,16-18H,3-4,6,9-11H2,1-2H3. The second-order valence-corrected chi connectivity index (χ2v) is 5.90. The summed E-state index contributed by atoms with van der Waals surface area (Å²) >= 11 is 0. The van der Waals surface area contributed by atoms with Crippen LogP contribution in [0.2, 0.25) is 0 Å². The van der Waals surface area contributed by atoms with E-state index in [1.54, 1.807) is 0 Å². The Bertz CT molecular complexity index is 372. The van der Waals surface area contributed by atoms with Crippen molar-refractivity contribution in [1.29, 1.82) is 0 Å². The van der Waals surface area contributed by atoms with Crippen LogP contribution in [0.5, 0.6) is 0 Å². The topological polar surface area (TPSA) is 20.2 Å². The van der Waals surface area contributed by atoms with Crippen LogP contribution in [0.15, 0.2) is 24.3 Å². The third-order valence-corrected chi connectivity index (χ3v) is 4.34. The third-order valence-electron chi connectivity index (χ3n) is 4.34. The van der Waals surface area contributed by atoms with Gasteiger partial charge < -0.3 is 5.11 Å². The SMILES string of the molecule is CCCCc1cccc(C2CCC(O)CC2C)c1. The highest BCUT2D eigenvalue weighted by Gasteiger charge is 2.27. The van der Waals surface area contributed by atoms with E-state index in [-0.39, 0.29) is 6.10 Å². The van der Waals surface area contributed by atoms with E-state index in [1.807, 2.05) is 0 Å². The van der Waals surface area contributed by atoms with Gasteiger partial charge in [-0.2, -0.15) is 0 Å². The summed E-state index contributed by atoms with van der Waals surface area (Å²) in [6.45, 7) is 4.53. The lowest BCUT2D eigenvalue weighted by molar-refractivity contribution is 0.0949. The second kappa shape index (κ2) is 6.38. The van der Waals surface area contributed by atoms with Gasteiger partial charge in [0.1, 0.15) is 0 Å². The molecule has 1 nitrogen and oxygen atoms in total. The number of aliphatic hydroxyl groups is 1. The van der Waals surface area contributed by atoms with Crippen LogP contribution in [0.3, 0.4) is 0 Å². The molecule has 0 saturated heterocycles. The number of hydrogen-bond donors (Lipinski definition) is 1. The molecule has 1 aromatic carbocycles. The molecule has 0 heterocycles. The van der Waals surface area contributed by atoms with E-state index in [2.05, 4.69) is 38.1 Å². The molecule has 0 aliphatic heterocycles. The van der Waals surface area contributed by atoms with E-state index in [4.69, 9.17) is 0 Å². The van der Waals surface area contributed by atoms with Gasteiger partial charge in [-0.25, -0.2) is 0 Å². The highest BCUT2D eigenvalue weighted by Crippen LogP contribution is 2.37. The van der Waals surface area contributed by atoms with Crippen molar-refractivity contribution >= 4 is 0 Å². The number of aliphatic hydroxyl groups excluding tert-OH is 1. The van der Waals surface area contributed by atoms with Crippen molar-refractivity contribution in [3.63, 3.8) is 0 Å². The molecule has 0 bridgehead atoms. The quantitative estimate of drug-likeness (QED) is 0.840. The molecule has 1 aliphatic rings. The number of hydrogen-bond acceptors (Lipinski definition) is 1. The smallest absolute Gasteiger partial charge is 0.0543 e. The van der Waals surface area contributed by atoms with Gasteiger partial charge >= 0.3 is 0 Å². The van der Waals surface area contributed by atoms with Crippen molar-refractivity contribution in [2.75, 3.05) is 0 Å². The molecule has 1 heteroatoms. The molecule has 2 rings (SSSR count). The summed E-state index contributed by atoms with van der Waals surface area (Å²) in [6.07, 6.45) is 6.74. The fourth-order valence-electron chi connectivity index (χ4n) is 3.22. The van der Waals surface area contributed by atoms with Gasteiger partial charge in [-0.3, -0.25) is 0 Å². The minimum atomic E-state index is -0.0699. The Balaban J connectivity index is 2.07. The number of rotatable bonds is 4. The van der Waals surface area contributed by atoms with Gasteiger partial charge in [0.15, 0.2) is 0 Å². The van der Waals surface area contributed by atoms with Crippen molar-refractivity contribution in [3.05, 3.63) is 35.4 Å². The summed E-state index contributed by atoms with van der Waals surface area (Å²) in [5.74, 6) is 1.25. The number of aryl methyl sites for hydroxylation is 1. The van der Waals surface area contributed by atoms with Gasteiger partial charge in [-0.05, 0) is 55.1 Å². The molecule has 1 saturated carbocycles. The van der Waals surface area contributed by atoms with Crippen LogP contribution in [0.25, 0.3) is 0 Å². The van der Waals surface area contributed by atoms with Crippen molar-refractivity contribution in [1.82, 2.24) is 0 Å². The van der Waals surface area contributed by atoms with E-state index in [1.165, 1.54) is 30.4 Å². The molecule has 0 radical (unpaired) electrons. The lowest BCUT2D eigenvalue weighted by Crippen LogP contribution is -2.24. The minimum Gasteiger partial charge on any atom is -0.393 e. The Morgan fingerprint density at radius 1 is 1.28 bits per heavy atom. The van der Waals surface area contributed by atoms with Crippen molar-refractivity contribution in [2.24, 2.45) is 5.92 Å². The third kappa shape index (κ3) is 3.35. The van der Waals surface area contributed by atoms with Gasteiger partial charge in [-0.15, -0.1) is 0 Å². The van der Waals surface area contributed by atoms with Crippen LogP contribution in [0.4, 0.5) is 0 Å². The van der Waals surface area contributed by atoms with Crippen LogP contribution in [-0.4, -0.2) is 11.2 Å². The summed E-state index contributed by atoms with van der Waals surface area (Å²) in [6, 6.07) is 9.13. The zero-order chi connectivity index (χ0) is 13.0. The van der Waals surface area contributed by atoms with E-state index in [0.717, 1.165) is 19.3 Å². The predicted octanol–water partition coefficient (Wildman–Crippen LogP) is 4.29. The lowest BCUT2D eigenvalue weighted by atomic mass is 9.75. The normalized spacial score (nSPS) is 28.3. The molecule has 1 fully saturated rings.